The number of methoxy groups -OCH3 is 1. The summed E-state index contributed by atoms with van der Waals surface area (Å²) >= 11 is 0. The molecular weight excluding hydrogens is 391 g/mol. The van der Waals surface area contributed by atoms with Gasteiger partial charge >= 0.3 is 5.97 Å². The number of aromatic nitrogens is 4. The van der Waals surface area contributed by atoms with Crippen LogP contribution in [-0.2, 0) is 4.74 Å². The van der Waals surface area contributed by atoms with Crippen molar-refractivity contribution in [2.24, 2.45) is 5.41 Å². The number of fused-ring (bicyclic) bond motifs is 1. The Balaban J connectivity index is 1.58. The number of hydrogen-bond donors (Lipinski definition) is 0. The average molecular weight is 412 g/mol. The van der Waals surface area contributed by atoms with Crippen LogP contribution >= 0.6 is 0 Å². The van der Waals surface area contributed by atoms with Gasteiger partial charge < -0.3 is 9.47 Å². The van der Waals surface area contributed by atoms with Crippen LogP contribution in [0, 0.1) is 11.2 Å². The second-order valence-electron chi connectivity index (χ2n) is 7.63. The highest BCUT2D eigenvalue weighted by Crippen LogP contribution is 2.53. The van der Waals surface area contributed by atoms with Crippen molar-refractivity contribution in [2.45, 2.75) is 19.8 Å². The minimum Gasteiger partial charge on any atom is -0.479 e. The van der Waals surface area contributed by atoms with Crippen LogP contribution in [0.4, 0.5) is 15.9 Å². The smallest absolute Gasteiger partial charge is 0.343 e. The number of esters is 1. The summed E-state index contributed by atoms with van der Waals surface area (Å²) in [5, 5.41) is 8.14. The van der Waals surface area contributed by atoms with Crippen molar-refractivity contribution in [3.05, 3.63) is 42.1 Å². The van der Waals surface area contributed by atoms with Crippen LogP contribution in [0.2, 0.25) is 0 Å². The lowest BCUT2D eigenvalue weighted by molar-refractivity contribution is 0.0528. The number of carbonyl (C=O) groups excluding carboxylic acids is 1. The van der Waals surface area contributed by atoms with Crippen molar-refractivity contribution in [1.82, 2.24) is 19.6 Å². The molecule has 1 aliphatic carbocycles. The highest BCUT2D eigenvalue weighted by molar-refractivity contribution is 5.95. The molecule has 3 aromatic heterocycles. The van der Waals surface area contributed by atoms with Gasteiger partial charge in [-0.25, -0.2) is 23.7 Å². The minimum absolute atomic E-state index is 0.134. The van der Waals surface area contributed by atoms with Crippen LogP contribution in [-0.4, -0.2) is 52.4 Å². The van der Waals surface area contributed by atoms with Crippen LogP contribution in [0.25, 0.3) is 5.65 Å². The summed E-state index contributed by atoms with van der Waals surface area (Å²) in [5.74, 6) is 0.0665. The Bertz CT molecular complexity index is 1130. The summed E-state index contributed by atoms with van der Waals surface area (Å²) in [5.41, 5.74) is 1.39. The molecule has 3 aromatic rings. The molecule has 0 bridgehead atoms. The van der Waals surface area contributed by atoms with Crippen molar-refractivity contribution in [2.75, 3.05) is 36.8 Å². The molecule has 0 radical (unpaired) electrons. The van der Waals surface area contributed by atoms with Crippen molar-refractivity contribution in [1.29, 1.82) is 0 Å². The summed E-state index contributed by atoms with van der Waals surface area (Å²) in [6.07, 6.45) is 6.52. The largest absolute Gasteiger partial charge is 0.479 e. The fraction of sp³-hybridized carbons (Fsp3) is 0.400. The Labute approximate surface area is 172 Å². The highest BCUT2D eigenvalue weighted by Gasteiger charge is 2.52. The Morgan fingerprint density at radius 2 is 2.07 bits per heavy atom. The molecule has 5 rings (SSSR count). The summed E-state index contributed by atoms with van der Waals surface area (Å²) in [6.45, 7) is 3.47. The zero-order valence-electron chi connectivity index (χ0n) is 16.7. The van der Waals surface area contributed by atoms with E-state index in [0.29, 0.717) is 35.1 Å². The van der Waals surface area contributed by atoms with Gasteiger partial charge in [-0.15, -0.1) is 0 Å². The second-order valence-corrected chi connectivity index (χ2v) is 7.63. The maximum Gasteiger partial charge on any atom is 0.343 e. The number of pyridine rings is 1. The first-order valence-electron chi connectivity index (χ1n) is 9.80. The summed E-state index contributed by atoms with van der Waals surface area (Å²) in [4.78, 5) is 21.0. The summed E-state index contributed by atoms with van der Waals surface area (Å²) in [6, 6.07) is 3.24. The maximum absolute atomic E-state index is 14.0. The van der Waals surface area contributed by atoms with E-state index >= 15 is 0 Å². The molecule has 0 N–H and O–H groups in total. The van der Waals surface area contributed by atoms with E-state index in [9.17, 15) is 9.18 Å². The number of nitrogens with zero attached hydrogens (tertiary/aromatic N) is 6. The highest BCUT2D eigenvalue weighted by atomic mass is 19.1. The third-order valence-corrected chi connectivity index (χ3v) is 5.60. The molecule has 0 amide bonds. The lowest BCUT2D eigenvalue weighted by atomic mass is 10.1. The fourth-order valence-corrected chi connectivity index (χ4v) is 3.88. The molecule has 1 saturated heterocycles. The quantitative estimate of drug-likeness (QED) is 0.591. The van der Waals surface area contributed by atoms with E-state index in [2.05, 4.69) is 10.1 Å². The molecule has 0 unspecified atom stereocenters. The van der Waals surface area contributed by atoms with Crippen molar-refractivity contribution < 1.29 is 18.7 Å². The van der Waals surface area contributed by atoms with E-state index in [0.717, 1.165) is 25.6 Å². The monoisotopic (exact) mass is 412 g/mol. The van der Waals surface area contributed by atoms with Crippen molar-refractivity contribution >= 4 is 23.1 Å². The molecule has 1 spiro atoms. The lowest BCUT2D eigenvalue weighted by Crippen LogP contribution is -2.37. The van der Waals surface area contributed by atoms with Crippen LogP contribution in [0.3, 0.4) is 0 Å². The molecule has 156 valence electrons. The summed E-state index contributed by atoms with van der Waals surface area (Å²) < 4.78 is 26.0. The molecule has 1 saturated carbocycles. The van der Waals surface area contributed by atoms with Gasteiger partial charge in [0.2, 0.25) is 5.88 Å². The van der Waals surface area contributed by atoms with Gasteiger partial charge in [0.05, 0.1) is 26.1 Å². The first kappa shape index (κ1) is 18.6. The van der Waals surface area contributed by atoms with E-state index < -0.39 is 11.8 Å². The summed E-state index contributed by atoms with van der Waals surface area (Å²) in [7, 11) is 1.51. The number of hydrogen-bond acceptors (Lipinski definition) is 8. The lowest BCUT2D eigenvalue weighted by Gasteiger charge is -2.31. The van der Waals surface area contributed by atoms with Gasteiger partial charge in [0, 0.05) is 36.8 Å². The molecule has 0 aromatic carbocycles. The molecular formula is C20H21FN6O3. The zero-order chi connectivity index (χ0) is 20.9. The Kier molecular flexibility index (Phi) is 4.23. The third-order valence-electron chi connectivity index (χ3n) is 5.60. The van der Waals surface area contributed by atoms with Gasteiger partial charge in [-0.3, -0.25) is 10.0 Å². The average Bonchev–Trinajstić information content (AvgIpc) is 3.20. The predicted octanol–water partition coefficient (Wildman–Crippen LogP) is 2.47. The molecule has 4 heterocycles. The van der Waals surface area contributed by atoms with E-state index in [1.807, 2.05) is 16.1 Å². The van der Waals surface area contributed by atoms with Gasteiger partial charge in [0.1, 0.15) is 17.1 Å². The minimum atomic E-state index is -0.468. The standard InChI is InChI=1S/C20H21FN6O3/c1-3-30-19(28)14-10-23-25-7-4-16(24-17(14)25)27-12-20(5-6-20)11-26(27)15-8-13(21)9-22-18(15)29-2/h4,7-10H,3,5-6,11-12H2,1-2H3. The first-order chi connectivity index (χ1) is 14.5. The molecule has 30 heavy (non-hydrogen) atoms. The van der Waals surface area contributed by atoms with Crippen LogP contribution < -0.4 is 14.8 Å². The zero-order valence-corrected chi connectivity index (χ0v) is 16.7. The first-order valence-corrected chi connectivity index (χ1v) is 9.80. The van der Waals surface area contributed by atoms with E-state index in [1.165, 1.54) is 23.9 Å². The Morgan fingerprint density at radius 1 is 1.27 bits per heavy atom. The SMILES string of the molecule is CCOC(=O)c1cnn2ccc(N3CC4(CC4)CN3c3cc(F)cnc3OC)nc12. The molecule has 10 heteroatoms. The number of hydrazine groups is 1. The number of ether oxygens (including phenoxy) is 2. The normalized spacial score (nSPS) is 17.0. The van der Waals surface area contributed by atoms with Crippen LogP contribution in [0.1, 0.15) is 30.1 Å². The molecule has 2 aliphatic rings. The van der Waals surface area contributed by atoms with E-state index in [-0.39, 0.29) is 12.0 Å². The Hall–Kier alpha value is -3.43. The number of anilines is 2. The van der Waals surface area contributed by atoms with Crippen molar-refractivity contribution in [3.8, 4) is 5.88 Å². The van der Waals surface area contributed by atoms with Crippen LogP contribution in [0.15, 0.2) is 30.7 Å². The second kappa shape index (κ2) is 6.82. The Morgan fingerprint density at radius 3 is 2.80 bits per heavy atom. The third kappa shape index (κ3) is 2.99. The molecule has 2 fully saturated rings. The van der Waals surface area contributed by atoms with E-state index in [4.69, 9.17) is 14.5 Å². The number of rotatable bonds is 5. The number of carbonyl (C=O) groups is 1. The van der Waals surface area contributed by atoms with Gasteiger partial charge in [0.15, 0.2) is 11.5 Å². The maximum atomic E-state index is 14.0. The van der Waals surface area contributed by atoms with Crippen molar-refractivity contribution in [3.63, 3.8) is 0 Å². The molecule has 0 atom stereocenters. The molecule has 9 nitrogen and oxygen atoms in total. The van der Waals surface area contributed by atoms with E-state index in [1.54, 1.807) is 13.1 Å². The van der Waals surface area contributed by atoms with Gasteiger partial charge in [-0.05, 0) is 19.8 Å². The molecule has 1 aliphatic heterocycles. The fourth-order valence-electron chi connectivity index (χ4n) is 3.88. The van der Waals surface area contributed by atoms with Gasteiger partial charge in [-0.2, -0.15) is 5.10 Å². The van der Waals surface area contributed by atoms with Crippen LogP contribution in [0.5, 0.6) is 5.88 Å². The predicted molar refractivity (Wildman–Crippen MR) is 106 cm³/mol. The van der Waals surface area contributed by atoms with Gasteiger partial charge in [0.25, 0.3) is 0 Å². The topological polar surface area (TPSA) is 85.1 Å². The number of halogens is 1. The van der Waals surface area contributed by atoms with Gasteiger partial charge in [-0.1, -0.05) is 0 Å².